The van der Waals surface area contributed by atoms with E-state index in [1.165, 1.54) is 128 Å². The molecule has 2 unspecified atom stereocenters. The maximum absolute atomic E-state index is 3.41. The van der Waals surface area contributed by atoms with Gasteiger partial charge in [0, 0.05) is 0 Å². The van der Waals surface area contributed by atoms with Crippen molar-refractivity contribution in [2.24, 2.45) is 0 Å². The summed E-state index contributed by atoms with van der Waals surface area (Å²) in [5, 5.41) is 0. The zero-order valence-electron chi connectivity index (χ0n) is 22.9. The zero-order valence-corrected chi connectivity index (χ0v) is 25.7. The van der Waals surface area contributed by atoms with E-state index in [1.807, 2.05) is 0 Å². The molecule has 0 aliphatic heterocycles. The quantitative estimate of drug-likeness (QED) is 0.129. The normalized spacial score (nSPS) is 28.7. The molecule has 0 aromatic heterocycles. The van der Waals surface area contributed by atoms with Crippen LogP contribution in [0.4, 0.5) is 0 Å². The number of rotatable bonds is 6. The Morgan fingerprint density at radius 2 is 0.676 bits per heavy atom. The summed E-state index contributed by atoms with van der Waals surface area (Å²) in [4.78, 5) is 0. The third kappa shape index (κ3) is 8.48. The van der Waals surface area contributed by atoms with Crippen LogP contribution in [0.25, 0.3) is 0 Å². The molecule has 2 atom stereocenters. The molecule has 0 amide bonds. The van der Waals surface area contributed by atoms with Crippen LogP contribution in [0.3, 0.4) is 0 Å². The van der Waals surface area contributed by atoms with Crippen LogP contribution in [0.1, 0.15) is 128 Å². The smallest absolute Gasteiger partial charge is 0.317 e. The van der Waals surface area contributed by atoms with E-state index < -0.39 is 0 Å². The minimum Gasteiger partial charge on any atom is -0.317 e. The van der Waals surface area contributed by atoms with Gasteiger partial charge in [-0.25, -0.2) is 0 Å². The van der Waals surface area contributed by atoms with E-state index in [4.69, 9.17) is 0 Å². The number of allylic oxidation sites excluding steroid dienone is 4. The van der Waals surface area contributed by atoms with E-state index in [-0.39, 0.29) is 32.9 Å². The zero-order chi connectivity index (χ0) is 24.4. The first-order valence-corrected chi connectivity index (χ1v) is 18.6. The minimum atomic E-state index is 0. The molecule has 6 rings (SSSR count). The van der Waals surface area contributed by atoms with Gasteiger partial charge in [-0.3, -0.25) is 11.8 Å². The second-order valence-electron chi connectivity index (χ2n) is 11.9. The minimum absolute atomic E-state index is 0. The second-order valence-corrected chi connectivity index (χ2v) is 17.7. The fourth-order valence-corrected chi connectivity index (χ4v) is 15.3. The molecule has 6 aliphatic rings. The molecule has 4 saturated carbocycles. The summed E-state index contributed by atoms with van der Waals surface area (Å²) in [6.45, 7) is 0. The molecular formula is C34H46FeP2. The summed E-state index contributed by atoms with van der Waals surface area (Å²) < 4.78 is 0. The van der Waals surface area contributed by atoms with Gasteiger partial charge in [-0.1, -0.05) is 77.0 Å². The summed E-state index contributed by atoms with van der Waals surface area (Å²) >= 11 is 0. The van der Waals surface area contributed by atoms with Gasteiger partial charge in [0.05, 0.1) is 0 Å². The SMILES string of the molecule is [C]1=[C-]C#CC1P(C1CCCCC1)C1CCCCC1.[C]1=[C-]C#CC1P(C1CCCCC1)C1CCCCC1.[Fe+2]. The van der Waals surface area contributed by atoms with Crippen molar-refractivity contribution in [2.75, 3.05) is 0 Å². The Balaban J connectivity index is 0.000000168. The Labute approximate surface area is 242 Å². The van der Waals surface area contributed by atoms with Gasteiger partial charge in [0.15, 0.2) is 0 Å². The van der Waals surface area contributed by atoms with Gasteiger partial charge < -0.3 is 11.8 Å². The summed E-state index contributed by atoms with van der Waals surface area (Å²) in [5.74, 6) is 12.9. The van der Waals surface area contributed by atoms with Crippen LogP contribution in [0.5, 0.6) is 0 Å². The van der Waals surface area contributed by atoms with Crippen molar-refractivity contribution in [3.05, 3.63) is 24.3 Å². The van der Waals surface area contributed by atoms with Gasteiger partial charge in [-0.2, -0.15) is 12.2 Å². The van der Waals surface area contributed by atoms with E-state index in [2.05, 4.69) is 48.0 Å². The topological polar surface area (TPSA) is 0 Å². The first kappa shape index (κ1) is 29.9. The molecule has 4 fully saturated rings. The number of hydrogen-bond acceptors (Lipinski definition) is 0. The molecule has 0 spiro atoms. The Hall–Kier alpha value is -0.0205. The average molecular weight is 573 g/mol. The van der Waals surface area contributed by atoms with Gasteiger partial charge in [0.2, 0.25) is 0 Å². The largest absolute Gasteiger partial charge is 2.00 e. The van der Waals surface area contributed by atoms with Crippen LogP contribution in [0.15, 0.2) is 0 Å². The maximum atomic E-state index is 3.41. The summed E-state index contributed by atoms with van der Waals surface area (Å²) in [6, 6.07) is 0. The molecule has 0 aromatic carbocycles. The predicted molar refractivity (Wildman–Crippen MR) is 157 cm³/mol. The molecule has 0 nitrogen and oxygen atoms in total. The van der Waals surface area contributed by atoms with Crippen molar-refractivity contribution in [3.8, 4) is 23.7 Å². The van der Waals surface area contributed by atoms with Crippen LogP contribution < -0.4 is 0 Å². The second kappa shape index (κ2) is 16.3. The first-order chi connectivity index (χ1) is 17.9. The van der Waals surface area contributed by atoms with Crippen LogP contribution in [0, 0.1) is 48.0 Å². The molecule has 0 N–H and O–H groups in total. The summed E-state index contributed by atoms with van der Waals surface area (Å²) in [6.07, 6.45) is 42.2. The standard InChI is InChI=1S/2C17H23P.Fe/c2*1-3-9-15(10-4-1)18(17-13-7-8-14-17)16-11-5-2-6-12-16;/h2*15-17H,1-6,9-12H2;/q2*-1;+2. The van der Waals surface area contributed by atoms with Gasteiger partial charge in [0.25, 0.3) is 0 Å². The molecule has 37 heavy (non-hydrogen) atoms. The number of hydrogen-bond donors (Lipinski definition) is 0. The average Bonchev–Trinajstić information content (AvgIpc) is 3.68. The third-order valence-electron chi connectivity index (χ3n) is 9.54. The van der Waals surface area contributed by atoms with Gasteiger partial charge >= 0.3 is 17.1 Å². The first-order valence-electron chi connectivity index (χ1n) is 15.5. The van der Waals surface area contributed by atoms with Crippen LogP contribution >= 0.6 is 15.8 Å². The summed E-state index contributed by atoms with van der Waals surface area (Å²) in [5.41, 5.74) is 4.91. The molecule has 0 aromatic rings. The van der Waals surface area contributed by atoms with Crippen molar-refractivity contribution in [3.63, 3.8) is 0 Å². The van der Waals surface area contributed by atoms with Crippen molar-refractivity contribution in [1.82, 2.24) is 0 Å². The fraction of sp³-hybridized carbons (Fsp3) is 0.765. The molecule has 6 aliphatic carbocycles. The molecule has 0 saturated heterocycles. The third-order valence-corrected chi connectivity index (χ3v) is 16.7. The van der Waals surface area contributed by atoms with Crippen LogP contribution in [0.2, 0.25) is 0 Å². The van der Waals surface area contributed by atoms with Gasteiger partial charge in [-0.05, 0) is 85.3 Å². The molecule has 0 heterocycles. The monoisotopic (exact) mass is 572 g/mol. The molecule has 3 heteroatoms. The van der Waals surface area contributed by atoms with Crippen molar-refractivity contribution < 1.29 is 17.1 Å². The molecule has 200 valence electrons. The Morgan fingerprint density at radius 1 is 0.405 bits per heavy atom. The molecular weight excluding hydrogens is 526 g/mol. The van der Waals surface area contributed by atoms with Crippen molar-refractivity contribution >= 4 is 15.8 Å². The van der Waals surface area contributed by atoms with Crippen molar-refractivity contribution in [1.29, 1.82) is 0 Å². The maximum Gasteiger partial charge on any atom is 2.00 e. The predicted octanol–water partition coefficient (Wildman–Crippen LogP) is 9.36. The van der Waals surface area contributed by atoms with Crippen molar-refractivity contribution in [2.45, 2.75) is 162 Å². The van der Waals surface area contributed by atoms with Crippen LogP contribution in [-0.4, -0.2) is 34.0 Å². The van der Waals surface area contributed by atoms with E-state index in [1.54, 1.807) is 0 Å². The van der Waals surface area contributed by atoms with Gasteiger partial charge in [-0.15, -0.1) is 28.0 Å². The molecule has 0 bridgehead atoms. The summed E-state index contributed by atoms with van der Waals surface area (Å²) in [7, 11) is 0.109. The van der Waals surface area contributed by atoms with Gasteiger partial charge in [0.1, 0.15) is 0 Å². The Bertz CT molecular complexity index is 738. The Kier molecular flexibility index (Phi) is 13.2. The van der Waals surface area contributed by atoms with E-state index in [0.717, 1.165) is 22.6 Å². The van der Waals surface area contributed by atoms with Crippen LogP contribution in [-0.2, 0) is 17.1 Å². The van der Waals surface area contributed by atoms with E-state index in [9.17, 15) is 0 Å². The fourth-order valence-electron chi connectivity index (χ4n) is 7.74. The molecule has 2 radical (unpaired) electrons. The van der Waals surface area contributed by atoms with E-state index >= 15 is 0 Å². The Morgan fingerprint density at radius 3 is 0.892 bits per heavy atom. The van der Waals surface area contributed by atoms with E-state index in [0.29, 0.717) is 11.3 Å².